The molecule has 2 heterocycles. The molecule has 22 heavy (non-hydrogen) atoms. The Bertz CT molecular complexity index is 657. The molecular formula is C16H18N2O3S. The van der Waals surface area contributed by atoms with Gasteiger partial charge in [-0.05, 0) is 42.5 Å². The molecular weight excluding hydrogens is 300 g/mol. The first-order valence-corrected chi connectivity index (χ1v) is 8.16. The van der Waals surface area contributed by atoms with E-state index in [1.54, 1.807) is 23.5 Å². The summed E-state index contributed by atoms with van der Waals surface area (Å²) in [7, 11) is 1.45. The van der Waals surface area contributed by atoms with Crippen LogP contribution in [0, 0.1) is 10.1 Å². The molecule has 1 saturated heterocycles. The number of thiophene rings is 1. The summed E-state index contributed by atoms with van der Waals surface area (Å²) >= 11 is 1.78. The average molecular weight is 318 g/mol. The molecule has 3 rings (SSSR count). The van der Waals surface area contributed by atoms with E-state index in [1.807, 2.05) is 6.07 Å². The molecule has 0 bridgehead atoms. The van der Waals surface area contributed by atoms with Crippen LogP contribution in [-0.4, -0.2) is 23.5 Å². The van der Waals surface area contributed by atoms with Gasteiger partial charge in [0.05, 0.1) is 12.0 Å². The van der Waals surface area contributed by atoms with Crippen molar-refractivity contribution >= 4 is 17.0 Å². The van der Waals surface area contributed by atoms with E-state index in [9.17, 15) is 10.1 Å². The highest BCUT2D eigenvalue weighted by atomic mass is 32.1. The van der Waals surface area contributed by atoms with Crippen LogP contribution in [0.3, 0.4) is 0 Å². The smallest absolute Gasteiger partial charge is 0.311 e. The molecule has 1 aromatic carbocycles. The molecule has 1 aliphatic heterocycles. The van der Waals surface area contributed by atoms with E-state index in [4.69, 9.17) is 4.74 Å². The third-order valence-electron chi connectivity index (χ3n) is 4.06. The van der Waals surface area contributed by atoms with E-state index in [0.29, 0.717) is 11.8 Å². The van der Waals surface area contributed by atoms with Crippen molar-refractivity contribution in [3.8, 4) is 5.75 Å². The van der Waals surface area contributed by atoms with Crippen molar-refractivity contribution in [3.63, 3.8) is 0 Å². The molecule has 1 aliphatic rings. The molecule has 116 valence electrons. The Morgan fingerprint density at radius 2 is 2.32 bits per heavy atom. The fraction of sp³-hybridized carbons (Fsp3) is 0.375. The van der Waals surface area contributed by atoms with Crippen LogP contribution in [0.5, 0.6) is 5.75 Å². The summed E-state index contributed by atoms with van der Waals surface area (Å²) < 4.78 is 5.06. The number of benzene rings is 1. The van der Waals surface area contributed by atoms with Crippen molar-refractivity contribution in [1.82, 2.24) is 4.90 Å². The monoisotopic (exact) mass is 318 g/mol. The van der Waals surface area contributed by atoms with Crippen LogP contribution in [0.1, 0.15) is 29.3 Å². The zero-order valence-electron chi connectivity index (χ0n) is 12.4. The van der Waals surface area contributed by atoms with Crippen molar-refractivity contribution in [2.75, 3.05) is 13.7 Å². The maximum Gasteiger partial charge on any atom is 0.311 e. The van der Waals surface area contributed by atoms with Gasteiger partial charge in [-0.15, -0.1) is 11.3 Å². The summed E-state index contributed by atoms with van der Waals surface area (Å²) in [6, 6.07) is 9.90. The molecule has 0 amide bonds. The highest BCUT2D eigenvalue weighted by Crippen LogP contribution is 2.36. The van der Waals surface area contributed by atoms with Crippen molar-refractivity contribution in [2.24, 2.45) is 0 Å². The van der Waals surface area contributed by atoms with Crippen LogP contribution >= 0.6 is 11.3 Å². The van der Waals surface area contributed by atoms with Gasteiger partial charge < -0.3 is 4.74 Å². The van der Waals surface area contributed by atoms with Crippen LogP contribution < -0.4 is 4.74 Å². The minimum Gasteiger partial charge on any atom is -0.490 e. The summed E-state index contributed by atoms with van der Waals surface area (Å²) in [5, 5.41) is 13.2. The van der Waals surface area contributed by atoms with E-state index < -0.39 is 0 Å². The second-order valence-electron chi connectivity index (χ2n) is 5.41. The number of rotatable bonds is 5. The Labute approximate surface area is 133 Å². The molecule has 1 atom stereocenters. The maximum atomic E-state index is 11.1. The van der Waals surface area contributed by atoms with E-state index >= 15 is 0 Å². The fourth-order valence-corrected chi connectivity index (χ4v) is 3.92. The zero-order valence-corrected chi connectivity index (χ0v) is 13.2. The van der Waals surface area contributed by atoms with Crippen LogP contribution in [-0.2, 0) is 6.54 Å². The highest BCUT2D eigenvalue weighted by molar-refractivity contribution is 7.10. The molecule has 6 heteroatoms. The number of hydrogen-bond acceptors (Lipinski definition) is 5. The van der Waals surface area contributed by atoms with Gasteiger partial charge in [-0.2, -0.15) is 0 Å². The van der Waals surface area contributed by atoms with Gasteiger partial charge in [0.25, 0.3) is 0 Å². The minimum absolute atomic E-state index is 0.0341. The Morgan fingerprint density at radius 3 is 3.00 bits per heavy atom. The standard InChI is InChI=1S/C16H18N2O3S/c1-21-15-7-6-12(10-14(15)18(19)20)11-17-8-2-4-13(17)16-5-3-9-22-16/h3,5-7,9-10,13H,2,4,8,11H2,1H3/t13-/m1/s1. The lowest BCUT2D eigenvalue weighted by Crippen LogP contribution is -2.22. The summed E-state index contributed by atoms with van der Waals surface area (Å²) in [5.74, 6) is 0.310. The summed E-state index contributed by atoms with van der Waals surface area (Å²) in [6.07, 6.45) is 2.32. The molecule has 2 aromatic rings. The highest BCUT2D eigenvalue weighted by Gasteiger charge is 2.27. The Kier molecular flexibility index (Phi) is 4.40. The second-order valence-corrected chi connectivity index (χ2v) is 6.39. The molecule has 0 N–H and O–H groups in total. The summed E-state index contributed by atoms with van der Waals surface area (Å²) in [5.41, 5.74) is 0.989. The predicted octanol–water partition coefficient (Wildman–Crippen LogP) is 4.00. The molecule has 0 spiro atoms. The first-order valence-electron chi connectivity index (χ1n) is 7.28. The predicted molar refractivity (Wildman–Crippen MR) is 86.4 cm³/mol. The van der Waals surface area contributed by atoms with E-state index in [2.05, 4.69) is 22.4 Å². The van der Waals surface area contributed by atoms with Gasteiger partial charge in [0, 0.05) is 23.5 Å². The van der Waals surface area contributed by atoms with Crippen molar-refractivity contribution in [1.29, 1.82) is 0 Å². The van der Waals surface area contributed by atoms with Gasteiger partial charge in [0.15, 0.2) is 5.75 Å². The van der Waals surface area contributed by atoms with Gasteiger partial charge in [-0.3, -0.25) is 15.0 Å². The van der Waals surface area contributed by atoms with Gasteiger partial charge in [-0.1, -0.05) is 12.1 Å². The Hall–Kier alpha value is -1.92. The molecule has 1 fully saturated rings. The second kappa shape index (κ2) is 6.46. The van der Waals surface area contributed by atoms with Gasteiger partial charge in [-0.25, -0.2) is 0 Å². The number of hydrogen-bond donors (Lipinski definition) is 0. The number of likely N-dealkylation sites (tertiary alicyclic amines) is 1. The van der Waals surface area contributed by atoms with Crippen LogP contribution in [0.25, 0.3) is 0 Å². The van der Waals surface area contributed by atoms with Crippen molar-refractivity contribution in [2.45, 2.75) is 25.4 Å². The van der Waals surface area contributed by atoms with Gasteiger partial charge in [0.1, 0.15) is 0 Å². The minimum atomic E-state index is -0.386. The molecule has 1 aromatic heterocycles. The average Bonchev–Trinajstić information content (AvgIpc) is 3.17. The first kappa shape index (κ1) is 15.0. The third kappa shape index (κ3) is 2.98. The molecule has 5 nitrogen and oxygen atoms in total. The van der Waals surface area contributed by atoms with Crippen LogP contribution in [0.2, 0.25) is 0 Å². The normalized spacial score (nSPS) is 18.5. The summed E-state index contributed by atoms with van der Waals surface area (Å²) in [6.45, 7) is 1.76. The zero-order chi connectivity index (χ0) is 15.5. The SMILES string of the molecule is COc1ccc(CN2CCC[C@@H]2c2cccs2)cc1[N+](=O)[O-]. The lowest BCUT2D eigenvalue weighted by atomic mass is 10.1. The van der Waals surface area contributed by atoms with Crippen molar-refractivity contribution in [3.05, 3.63) is 56.3 Å². The number of nitro benzene ring substituents is 1. The molecule has 0 saturated carbocycles. The van der Waals surface area contributed by atoms with E-state index in [1.165, 1.54) is 18.4 Å². The lowest BCUT2D eigenvalue weighted by molar-refractivity contribution is -0.385. The topological polar surface area (TPSA) is 55.6 Å². The molecule has 0 radical (unpaired) electrons. The van der Waals surface area contributed by atoms with Gasteiger partial charge in [0.2, 0.25) is 0 Å². The first-order chi connectivity index (χ1) is 10.7. The summed E-state index contributed by atoms with van der Waals surface area (Å²) in [4.78, 5) is 14.5. The largest absolute Gasteiger partial charge is 0.490 e. The Balaban J connectivity index is 1.80. The molecule has 0 aliphatic carbocycles. The molecule has 0 unspecified atom stereocenters. The van der Waals surface area contributed by atoms with Crippen LogP contribution in [0.4, 0.5) is 5.69 Å². The maximum absolute atomic E-state index is 11.1. The quantitative estimate of drug-likeness (QED) is 0.617. The number of nitrogens with zero attached hydrogens (tertiary/aromatic N) is 2. The van der Waals surface area contributed by atoms with Crippen LogP contribution in [0.15, 0.2) is 35.7 Å². The number of nitro groups is 1. The van der Waals surface area contributed by atoms with E-state index in [-0.39, 0.29) is 10.6 Å². The number of methoxy groups -OCH3 is 1. The van der Waals surface area contributed by atoms with E-state index in [0.717, 1.165) is 25.1 Å². The fourth-order valence-electron chi connectivity index (χ4n) is 3.03. The number of ether oxygens (including phenoxy) is 1. The third-order valence-corrected chi connectivity index (χ3v) is 5.03. The lowest BCUT2D eigenvalue weighted by Gasteiger charge is -2.23. The van der Waals surface area contributed by atoms with Gasteiger partial charge >= 0.3 is 5.69 Å². The van der Waals surface area contributed by atoms with Crippen molar-refractivity contribution < 1.29 is 9.66 Å². The Morgan fingerprint density at radius 1 is 1.45 bits per heavy atom.